The zero-order chi connectivity index (χ0) is 13.1. The van der Waals surface area contributed by atoms with Crippen LogP contribution < -0.4 is 0 Å². The second-order valence-electron chi connectivity index (χ2n) is 4.00. The molecule has 0 atom stereocenters. The van der Waals surface area contributed by atoms with Gasteiger partial charge in [0.05, 0.1) is 5.56 Å². The summed E-state index contributed by atoms with van der Waals surface area (Å²) in [7, 11) is 1.53. The highest BCUT2D eigenvalue weighted by molar-refractivity contribution is 5.79. The summed E-state index contributed by atoms with van der Waals surface area (Å²) in [5.41, 5.74) is 1.97. The number of carbonyl (C=O) groups excluding carboxylic acids is 1. The Morgan fingerprint density at radius 1 is 1.39 bits per heavy atom. The number of hydrogen-bond acceptors (Lipinski definition) is 3. The molecule has 4 heteroatoms. The molecule has 0 fully saturated rings. The van der Waals surface area contributed by atoms with Gasteiger partial charge in [-0.3, -0.25) is 4.79 Å². The Bertz CT molecular complexity index is 572. The Morgan fingerprint density at radius 3 is 2.78 bits per heavy atom. The molecule has 0 aliphatic heterocycles. The van der Waals surface area contributed by atoms with Gasteiger partial charge < -0.3 is 9.15 Å². The first-order chi connectivity index (χ1) is 8.65. The van der Waals surface area contributed by atoms with Gasteiger partial charge in [-0.2, -0.15) is 0 Å². The number of aryl methyl sites for hydroxylation is 1. The van der Waals surface area contributed by atoms with Gasteiger partial charge >= 0.3 is 0 Å². The van der Waals surface area contributed by atoms with Gasteiger partial charge in [0.1, 0.15) is 23.9 Å². The lowest BCUT2D eigenvalue weighted by atomic mass is 10.1. The van der Waals surface area contributed by atoms with Crippen LogP contribution in [0.4, 0.5) is 4.39 Å². The number of furan rings is 1. The fourth-order valence-corrected chi connectivity index (χ4v) is 1.82. The molecule has 0 aliphatic carbocycles. The highest BCUT2D eigenvalue weighted by Crippen LogP contribution is 2.28. The van der Waals surface area contributed by atoms with Gasteiger partial charge in [-0.15, -0.1) is 0 Å². The van der Waals surface area contributed by atoms with Crippen LogP contribution in [0.25, 0.3) is 11.3 Å². The fraction of sp³-hybridized carbons (Fsp3) is 0.214. The van der Waals surface area contributed by atoms with Crippen molar-refractivity contribution in [2.24, 2.45) is 0 Å². The summed E-state index contributed by atoms with van der Waals surface area (Å²) in [4.78, 5) is 10.9. The van der Waals surface area contributed by atoms with E-state index in [0.29, 0.717) is 17.1 Å². The molecule has 0 aliphatic rings. The van der Waals surface area contributed by atoms with E-state index in [0.717, 1.165) is 17.4 Å². The molecule has 0 amide bonds. The predicted molar refractivity (Wildman–Crippen MR) is 64.9 cm³/mol. The minimum absolute atomic E-state index is 0.230. The van der Waals surface area contributed by atoms with E-state index < -0.39 is 0 Å². The second-order valence-corrected chi connectivity index (χ2v) is 4.00. The fourth-order valence-electron chi connectivity index (χ4n) is 1.82. The molecule has 0 radical (unpaired) electrons. The van der Waals surface area contributed by atoms with Gasteiger partial charge in [0.25, 0.3) is 0 Å². The van der Waals surface area contributed by atoms with E-state index in [2.05, 4.69) is 0 Å². The van der Waals surface area contributed by atoms with E-state index in [4.69, 9.17) is 9.15 Å². The highest BCUT2D eigenvalue weighted by Gasteiger charge is 2.13. The number of rotatable bonds is 4. The summed E-state index contributed by atoms with van der Waals surface area (Å²) in [5, 5.41) is 0. The van der Waals surface area contributed by atoms with Crippen molar-refractivity contribution in [3.05, 3.63) is 47.0 Å². The third kappa shape index (κ3) is 2.33. The number of benzene rings is 1. The lowest BCUT2D eigenvalue weighted by Crippen LogP contribution is -1.88. The van der Waals surface area contributed by atoms with Crippen molar-refractivity contribution in [3.63, 3.8) is 0 Å². The number of methoxy groups -OCH3 is 1. The molecule has 2 aromatic rings. The molecule has 0 N–H and O–H groups in total. The third-order valence-electron chi connectivity index (χ3n) is 2.70. The van der Waals surface area contributed by atoms with E-state index in [1.807, 2.05) is 0 Å². The Balaban J connectivity index is 2.47. The molecule has 1 heterocycles. The summed E-state index contributed by atoms with van der Waals surface area (Å²) < 4.78 is 23.6. The monoisotopic (exact) mass is 248 g/mol. The Kier molecular flexibility index (Phi) is 3.58. The first-order valence-corrected chi connectivity index (χ1v) is 5.49. The van der Waals surface area contributed by atoms with Crippen LogP contribution in [0.5, 0.6) is 0 Å². The molecule has 0 unspecified atom stereocenters. The number of halogens is 1. The predicted octanol–water partition coefficient (Wildman–Crippen LogP) is 3.35. The number of hydrogen-bond donors (Lipinski definition) is 0. The van der Waals surface area contributed by atoms with Crippen molar-refractivity contribution >= 4 is 6.29 Å². The summed E-state index contributed by atoms with van der Waals surface area (Å²) in [6.07, 6.45) is 0.722. The Morgan fingerprint density at radius 2 is 2.17 bits per heavy atom. The van der Waals surface area contributed by atoms with E-state index in [-0.39, 0.29) is 12.4 Å². The summed E-state index contributed by atoms with van der Waals surface area (Å²) >= 11 is 0. The molecule has 94 valence electrons. The average molecular weight is 248 g/mol. The Hall–Kier alpha value is -1.94. The first kappa shape index (κ1) is 12.5. The lowest BCUT2D eigenvalue weighted by Gasteiger charge is -2.02. The Labute approximate surface area is 104 Å². The summed E-state index contributed by atoms with van der Waals surface area (Å²) in [6.45, 7) is 2.02. The molecular formula is C14H13FO3. The van der Waals surface area contributed by atoms with Crippen LogP contribution >= 0.6 is 0 Å². The largest absolute Gasteiger partial charge is 0.458 e. The van der Waals surface area contributed by atoms with E-state index in [9.17, 15) is 9.18 Å². The first-order valence-electron chi connectivity index (χ1n) is 5.49. The number of ether oxygens (including phenoxy) is 1. The lowest BCUT2D eigenvalue weighted by molar-refractivity contribution is 0.111. The molecule has 0 spiro atoms. The van der Waals surface area contributed by atoms with Crippen LogP contribution in [-0.2, 0) is 11.3 Å². The summed E-state index contributed by atoms with van der Waals surface area (Å²) in [5.74, 6) is 0.725. The van der Waals surface area contributed by atoms with Crippen LogP contribution in [0.2, 0.25) is 0 Å². The standard InChI is InChI=1S/C14H13FO3/c1-9-5-11(15)3-4-12(9)13-6-10(7-16)14(18-13)8-17-2/h3-7H,8H2,1-2H3. The van der Waals surface area contributed by atoms with Crippen LogP contribution in [0.3, 0.4) is 0 Å². The molecule has 18 heavy (non-hydrogen) atoms. The van der Waals surface area contributed by atoms with E-state index >= 15 is 0 Å². The van der Waals surface area contributed by atoms with Crippen LogP contribution in [0.1, 0.15) is 21.7 Å². The van der Waals surface area contributed by atoms with Gasteiger partial charge in [0.15, 0.2) is 6.29 Å². The quantitative estimate of drug-likeness (QED) is 0.779. The number of carbonyl (C=O) groups is 1. The van der Waals surface area contributed by atoms with Crippen LogP contribution in [0.15, 0.2) is 28.7 Å². The maximum absolute atomic E-state index is 13.0. The molecule has 1 aromatic carbocycles. The molecule has 2 rings (SSSR count). The normalized spacial score (nSPS) is 10.6. The maximum Gasteiger partial charge on any atom is 0.153 e. The van der Waals surface area contributed by atoms with Crippen molar-refractivity contribution in [3.8, 4) is 11.3 Å². The molecular weight excluding hydrogens is 235 g/mol. The van der Waals surface area contributed by atoms with E-state index in [1.165, 1.54) is 19.2 Å². The maximum atomic E-state index is 13.0. The van der Waals surface area contributed by atoms with E-state index in [1.54, 1.807) is 19.1 Å². The smallest absolute Gasteiger partial charge is 0.153 e. The van der Waals surface area contributed by atoms with Gasteiger partial charge in [0, 0.05) is 12.7 Å². The SMILES string of the molecule is COCc1oc(-c2ccc(F)cc2C)cc1C=O. The zero-order valence-electron chi connectivity index (χ0n) is 10.2. The van der Waals surface area contributed by atoms with Crippen molar-refractivity contribution in [2.45, 2.75) is 13.5 Å². The minimum Gasteiger partial charge on any atom is -0.458 e. The van der Waals surface area contributed by atoms with Crippen molar-refractivity contribution in [2.75, 3.05) is 7.11 Å². The topological polar surface area (TPSA) is 39.4 Å². The molecule has 0 saturated heterocycles. The zero-order valence-corrected chi connectivity index (χ0v) is 10.2. The molecule has 1 aromatic heterocycles. The third-order valence-corrected chi connectivity index (χ3v) is 2.70. The van der Waals surface area contributed by atoms with Crippen LogP contribution in [0, 0.1) is 12.7 Å². The highest BCUT2D eigenvalue weighted by atomic mass is 19.1. The van der Waals surface area contributed by atoms with Gasteiger partial charge in [-0.1, -0.05) is 0 Å². The van der Waals surface area contributed by atoms with Crippen molar-refractivity contribution in [1.29, 1.82) is 0 Å². The summed E-state index contributed by atoms with van der Waals surface area (Å²) in [6, 6.07) is 6.06. The average Bonchev–Trinajstić information content (AvgIpc) is 2.72. The van der Waals surface area contributed by atoms with Gasteiger partial charge in [-0.25, -0.2) is 4.39 Å². The second kappa shape index (κ2) is 5.14. The van der Waals surface area contributed by atoms with Crippen LogP contribution in [-0.4, -0.2) is 13.4 Å². The van der Waals surface area contributed by atoms with Crippen molar-refractivity contribution in [1.82, 2.24) is 0 Å². The van der Waals surface area contributed by atoms with Gasteiger partial charge in [-0.05, 0) is 36.8 Å². The molecule has 3 nitrogen and oxygen atoms in total. The molecule has 0 saturated carbocycles. The van der Waals surface area contributed by atoms with Crippen molar-refractivity contribution < 1.29 is 18.3 Å². The molecule has 0 bridgehead atoms. The van der Waals surface area contributed by atoms with Gasteiger partial charge in [0.2, 0.25) is 0 Å². The minimum atomic E-state index is -0.296. The number of aldehydes is 1.